The maximum absolute atomic E-state index is 13.2. The Morgan fingerprint density at radius 2 is 1.48 bits per heavy atom. The summed E-state index contributed by atoms with van der Waals surface area (Å²) in [6, 6.07) is 4.37. The molecule has 4 saturated carbocycles. The Kier molecular flexibility index (Phi) is 5.73. The molecule has 0 radical (unpaired) electrons. The molecule has 1 aliphatic heterocycles. The van der Waals surface area contributed by atoms with Gasteiger partial charge in [0.1, 0.15) is 0 Å². The van der Waals surface area contributed by atoms with Crippen molar-refractivity contribution in [2.45, 2.75) is 57.5 Å². The highest BCUT2D eigenvalue weighted by Crippen LogP contribution is 2.60. The van der Waals surface area contributed by atoms with Crippen LogP contribution in [0.2, 0.25) is 0 Å². The second-order valence-electron chi connectivity index (χ2n) is 11.3. The van der Waals surface area contributed by atoms with Crippen LogP contribution in [-0.2, 0) is 11.0 Å². The molecule has 0 spiro atoms. The predicted octanol–water partition coefficient (Wildman–Crippen LogP) is 5.23. The fraction of sp³-hybridized carbons (Fsp3) is 0.692. The summed E-state index contributed by atoms with van der Waals surface area (Å²) in [5.41, 5.74) is -0.185. The van der Waals surface area contributed by atoms with Crippen LogP contribution in [0.1, 0.15) is 67.3 Å². The minimum Gasteiger partial charge on any atom is -0.345 e. The monoisotopic (exact) mass is 462 g/mol. The van der Waals surface area contributed by atoms with Gasteiger partial charge in [-0.2, -0.15) is 13.2 Å². The first-order valence-electron chi connectivity index (χ1n) is 12.3. The van der Waals surface area contributed by atoms with Crippen LogP contribution in [-0.4, -0.2) is 48.3 Å². The maximum atomic E-state index is 13.2. The van der Waals surface area contributed by atoms with Crippen molar-refractivity contribution in [1.82, 2.24) is 9.80 Å². The van der Waals surface area contributed by atoms with Gasteiger partial charge in [-0.25, -0.2) is 0 Å². The number of nitrogens with zero attached hydrogens (tertiary/aromatic N) is 2. The van der Waals surface area contributed by atoms with Crippen molar-refractivity contribution in [2.75, 3.05) is 26.7 Å². The summed E-state index contributed by atoms with van der Waals surface area (Å²) in [6.07, 6.45) is 4.80. The molecule has 180 valence electrons. The lowest BCUT2D eigenvalue weighted by Gasteiger charge is -2.57. The number of piperidine rings is 1. The number of carbonyl (C=O) groups excluding carboxylic acids is 2. The van der Waals surface area contributed by atoms with E-state index < -0.39 is 11.7 Å². The van der Waals surface area contributed by atoms with Crippen molar-refractivity contribution < 1.29 is 22.8 Å². The zero-order chi connectivity index (χ0) is 23.4. The molecule has 1 aromatic rings. The molecule has 2 amide bonds. The molecule has 0 atom stereocenters. The van der Waals surface area contributed by atoms with Gasteiger partial charge in [0.15, 0.2) is 0 Å². The normalized spacial score (nSPS) is 31.6. The lowest BCUT2D eigenvalue weighted by atomic mass is 9.49. The Morgan fingerprint density at radius 3 is 1.97 bits per heavy atom. The molecule has 33 heavy (non-hydrogen) atoms. The highest BCUT2D eigenvalue weighted by atomic mass is 19.4. The molecule has 5 aliphatic rings. The number of rotatable bonds is 4. The van der Waals surface area contributed by atoms with E-state index >= 15 is 0 Å². The summed E-state index contributed by atoms with van der Waals surface area (Å²) >= 11 is 0. The average molecular weight is 463 g/mol. The molecule has 1 saturated heterocycles. The van der Waals surface area contributed by atoms with Gasteiger partial charge >= 0.3 is 6.18 Å². The third kappa shape index (κ3) is 4.52. The molecule has 4 aliphatic carbocycles. The van der Waals surface area contributed by atoms with E-state index in [-0.39, 0.29) is 23.3 Å². The first-order chi connectivity index (χ1) is 15.6. The van der Waals surface area contributed by atoms with Gasteiger partial charge in [0.05, 0.1) is 5.56 Å². The van der Waals surface area contributed by atoms with E-state index in [1.165, 1.54) is 50.7 Å². The smallest absolute Gasteiger partial charge is 0.345 e. The number of likely N-dealkylation sites (tertiary alicyclic amines) is 1. The minimum atomic E-state index is -4.41. The Bertz CT molecular complexity index is 868. The first-order valence-corrected chi connectivity index (χ1v) is 12.3. The van der Waals surface area contributed by atoms with Crippen LogP contribution in [0.5, 0.6) is 0 Å². The van der Waals surface area contributed by atoms with Gasteiger partial charge in [-0.05, 0) is 98.8 Å². The van der Waals surface area contributed by atoms with E-state index in [0.717, 1.165) is 36.4 Å². The Balaban J connectivity index is 1.15. The van der Waals surface area contributed by atoms with E-state index in [1.54, 1.807) is 4.90 Å². The first kappa shape index (κ1) is 22.7. The summed E-state index contributed by atoms with van der Waals surface area (Å²) in [4.78, 5) is 29.6. The third-order valence-electron chi connectivity index (χ3n) is 8.70. The summed E-state index contributed by atoms with van der Waals surface area (Å²) in [7, 11) is 1.95. The number of hydrogen-bond donors (Lipinski definition) is 0. The van der Waals surface area contributed by atoms with Crippen molar-refractivity contribution in [3.63, 3.8) is 0 Å². The summed E-state index contributed by atoms with van der Waals surface area (Å²) < 4.78 is 38.3. The van der Waals surface area contributed by atoms with Crippen LogP contribution < -0.4 is 0 Å². The molecule has 4 nitrogen and oxygen atoms in total. The van der Waals surface area contributed by atoms with Crippen LogP contribution in [0, 0.1) is 29.1 Å². The molecular formula is C26H33F3N2O2. The van der Waals surface area contributed by atoms with Crippen molar-refractivity contribution in [2.24, 2.45) is 29.1 Å². The van der Waals surface area contributed by atoms with Gasteiger partial charge in [-0.3, -0.25) is 9.59 Å². The largest absolute Gasteiger partial charge is 0.416 e. The van der Waals surface area contributed by atoms with Gasteiger partial charge in [-0.1, -0.05) is 0 Å². The van der Waals surface area contributed by atoms with Gasteiger partial charge in [0.2, 0.25) is 5.91 Å². The quantitative estimate of drug-likeness (QED) is 0.615. The molecule has 7 heteroatoms. The van der Waals surface area contributed by atoms with Crippen molar-refractivity contribution in [3.8, 4) is 0 Å². The maximum Gasteiger partial charge on any atom is 0.416 e. The fourth-order valence-electron chi connectivity index (χ4n) is 7.69. The second-order valence-corrected chi connectivity index (χ2v) is 11.3. The fourth-order valence-corrected chi connectivity index (χ4v) is 7.69. The number of alkyl halides is 3. The topological polar surface area (TPSA) is 40.6 Å². The lowest BCUT2D eigenvalue weighted by molar-refractivity contribution is -0.141. The van der Waals surface area contributed by atoms with E-state index in [0.29, 0.717) is 31.3 Å². The van der Waals surface area contributed by atoms with E-state index in [1.807, 2.05) is 11.9 Å². The number of amides is 2. The third-order valence-corrected chi connectivity index (χ3v) is 8.70. The van der Waals surface area contributed by atoms with E-state index in [4.69, 9.17) is 0 Å². The number of benzene rings is 1. The van der Waals surface area contributed by atoms with Crippen molar-refractivity contribution in [1.29, 1.82) is 0 Å². The molecule has 0 N–H and O–H groups in total. The van der Waals surface area contributed by atoms with Crippen LogP contribution in [0.3, 0.4) is 0 Å². The Hall–Kier alpha value is -2.05. The highest BCUT2D eigenvalue weighted by molar-refractivity contribution is 5.94. The van der Waals surface area contributed by atoms with Gasteiger partial charge in [-0.15, -0.1) is 0 Å². The zero-order valence-electron chi connectivity index (χ0n) is 19.2. The average Bonchev–Trinajstić information content (AvgIpc) is 2.76. The van der Waals surface area contributed by atoms with Crippen LogP contribution >= 0.6 is 0 Å². The molecular weight excluding hydrogens is 429 g/mol. The SMILES string of the molecule is CN(CC12CC3CC(CC(C3)C1)C2)C(=O)C1CCN(C(=O)c2ccc(C(F)(F)F)cc2)CC1. The molecule has 6 rings (SSSR count). The number of hydrogen-bond acceptors (Lipinski definition) is 2. The van der Waals surface area contributed by atoms with Crippen LogP contribution in [0.4, 0.5) is 13.2 Å². The van der Waals surface area contributed by atoms with E-state index in [9.17, 15) is 22.8 Å². The summed E-state index contributed by atoms with van der Waals surface area (Å²) in [5.74, 6) is 2.42. The van der Waals surface area contributed by atoms with Crippen LogP contribution in [0.15, 0.2) is 24.3 Å². The predicted molar refractivity (Wildman–Crippen MR) is 118 cm³/mol. The molecule has 1 aromatic carbocycles. The molecule has 0 unspecified atom stereocenters. The van der Waals surface area contributed by atoms with Crippen LogP contribution in [0.25, 0.3) is 0 Å². The lowest BCUT2D eigenvalue weighted by Crippen LogP contribution is -2.52. The molecule has 0 aromatic heterocycles. The number of halogens is 3. The van der Waals surface area contributed by atoms with Gasteiger partial charge < -0.3 is 9.80 Å². The van der Waals surface area contributed by atoms with E-state index in [2.05, 4.69) is 0 Å². The van der Waals surface area contributed by atoms with Gasteiger partial charge in [0, 0.05) is 38.2 Å². The highest BCUT2D eigenvalue weighted by Gasteiger charge is 2.51. The second kappa shape index (κ2) is 8.31. The summed E-state index contributed by atoms with van der Waals surface area (Å²) in [5, 5.41) is 0. The molecule has 5 fully saturated rings. The van der Waals surface area contributed by atoms with Crippen molar-refractivity contribution >= 4 is 11.8 Å². The number of carbonyl (C=O) groups is 2. The standard InChI is InChI=1S/C26H33F3N2O2/c1-30(16-25-13-17-10-18(14-25)12-19(11-17)15-25)23(32)21-6-8-31(9-7-21)24(33)20-2-4-22(5-3-20)26(27,28)29/h2-5,17-19,21H,6-16H2,1H3. The minimum absolute atomic E-state index is 0.0828. The Morgan fingerprint density at radius 1 is 0.970 bits per heavy atom. The summed E-state index contributed by atoms with van der Waals surface area (Å²) in [6.45, 7) is 1.78. The van der Waals surface area contributed by atoms with Crippen molar-refractivity contribution in [3.05, 3.63) is 35.4 Å². The van der Waals surface area contributed by atoms with Gasteiger partial charge in [0.25, 0.3) is 5.91 Å². The zero-order valence-corrected chi connectivity index (χ0v) is 19.2. The molecule has 4 bridgehead atoms. The Labute approximate surface area is 193 Å². The molecule has 1 heterocycles.